The SMILES string of the molecule is CC(C)(C)c1cc(-c2cc3c4c(c2)N(c2ccccc2-c2ccccc2)c2cc(C(C)(C)C)ccc2B4c2cc(-c4ccc(C(C)(C)C)cc4C(C)(C)C)ccc2N3c2ccccc2-c2ccccc2)cc(C(C)(C)C)c1. The van der Waals surface area contributed by atoms with Gasteiger partial charge < -0.3 is 9.80 Å². The van der Waals surface area contributed by atoms with Crippen molar-refractivity contribution in [1.82, 2.24) is 0 Å². The van der Waals surface area contributed by atoms with Crippen molar-refractivity contribution in [2.24, 2.45) is 0 Å². The minimum Gasteiger partial charge on any atom is -0.311 e. The van der Waals surface area contributed by atoms with Crippen LogP contribution in [-0.2, 0) is 27.1 Å². The zero-order chi connectivity index (χ0) is 54.6. The summed E-state index contributed by atoms with van der Waals surface area (Å²) in [6.45, 7) is 35.1. The molecule has 0 aromatic heterocycles. The van der Waals surface area contributed by atoms with E-state index in [2.05, 4.69) is 308 Å². The van der Waals surface area contributed by atoms with Gasteiger partial charge in [-0.15, -0.1) is 0 Å². The van der Waals surface area contributed by atoms with Gasteiger partial charge in [-0.1, -0.05) is 262 Å². The van der Waals surface area contributed by atoms with Crippen molar-refractivity contribution in [2.45, 2.75) is 131 Å². The van der Waals surface area contributed by atoms with E-state index in [1.807, 2.05) is 0 Å². The minimum absolute atomic E-state index is 0.0189. The van der Waals surface area contributed by atoms with Gasteiger partial charge in [0.1, 0.15) is 0 Å². The van der Waals surface area contributed by atoms with E-state index in [0.717, 1.165) is 11.4 Å². The van der Waals surface area contributed by atoms with E-state index in [1.54, 1.807) is 0 Å². The molecule has 2 aliphatic heterocycles. The van der Waals surface area contributed by atoms with Crippen LogP contribution in [0.3, 0.4) is 0 Å². The first-order valence-corrected chi connectivity index (χ1v) is 28.0. The molecule has 0 bridgehead atoms. The van der Waals surface area contributed by atoms with Gasteiger partial charge in [0.25, 0.3) is 6.71 Å². The average Bonchev–Trinajstić information content (AvgIpc) is 3.59. The molecule has 0 spiro atoms. The maximum Gasteiger partial charge on any atom is 0.252 e. The first kappa shape index (κ1) is 51.7. The second-order valence-electron chi connectivity index (χ2n) is 27.2. The Hall–Kier alpha value is -7.36. The van der Waals surface area contributed by atoms with Crippen LogP contribution in [0.15, 0.2) is 194 Å². The van der Waals surface area contributed by atoms with Gasteiger partial charge in [0.15, 0.2) is 0 Å². The van der Waals surface area contributed by atoms with Gasteiger partial charge in [0.2, 0.25) is 0 Å². The number of rotatable bonds is 6. The standard InChI is InChI=1S/C74H77BN2/c1-70(2,3)53-35-37-57(60(46-53)74(13,14)15)50-34-39-65-62(42-50)75-61-38-36-54(71(4,5)6)47-66(61)77(64-33-25-23-31-59(64)49-28-20-17-21-29-49)68-44-52(51-40-55(72(7,8)9)45-56(41-51)73(10,11)12)43-67(69(68)75)76(65)63-32-24-22-30-58(63)48-26-18-16-19-27-48/h16-47H,1-15H3. The van der Waals surface area contributed by atoms with Crippen LogP contribution in [0.4, 0.5) is 34.1 Å². The van der Waals surface area contributed by atoms with E-state index < -0.39 is 0 Å². The third-order valence-corrected chi connectivity index (χ3v) is 16.4. The number of benzene rings is 9. The predicted octanol–water partition coefficient (Wildman–Crippen LogP) is 18.9. The zero-order valence-corrected chi connectivity index (χ0v) is 48.4. The summed E-state index contributed by atoms with van der Waals surface area (Å²) in [6.07, 6.45) is 0. The topological polar surface area (TPSA) is 6.48 Å². The van der Waals surface area contributed by atoms with Crippen LogP contribution in [-0.4, -0.2) is 6.71 Å². The second kappa shape index (κ2) is 18.7. The Kier molecular flexibility index (Phi) is 12.6. The van der Waals surface area contributed by atoms with E-state index in [-0.39, 0.29) is 33.8 Å². The smallest absolute Gasteiger partial charge is 0.252 e. The molecule has 386 valence electrons. The Bertz CT molecular complexity index is 3680. The fourth-order valence-electron chi connectivity index (χ4n) is 11.9. The van der Waals surface area contributed by atoms with Crippen molar-refractivity contribution in [2.75, 3.05) is 9.80 Å². The molecule has 9 aromatic rings. The van der Waals surface area contributed by atoms with Crippen LogP contribution < -0.4 is 26.2 Å². The van der Waals surface area contributed by atoms with Crippen molar-refractivity contribution in [3.05, 3.63) is 222 Å². The maximum atomic E-state index is 2.64. The third-order valence-electron chi connectivity index (χ3n) is 16.4. The summed E-state index contributed by atoms with van der Waals surface area (Å²) in [5.74, 6) is 0. The van der Waals surface area contributed by atoms with Gasteiger partial charge >= 0.3 is 0 Å². The molecule has 0 radical (unpaired) electrons. The second-order valence-corrected chi connectivity index (χ2v) is 27.2. The van der Waals surface area contributed by atoms with Crippen molar-refractivity contribution in [3.8, 4) is 44.5 Å². The summed E-state index contributed by atoms with van der Waals surface area (Å²) < 4.78 is 0. The number of anilines is 6. The lowest BCUT2D eigenvalue weighted by atomic mass is 9.33. The molecular formula is C74H77BN2. The molecule has 0 aliphatic carbocycles. The molecule has 0 unspecified atom stereocenters. The van der Waals surface area contributed by atoms with Gasteiger partial charge in [-0.05, 0) is 141 Å². The Balaban J connectivity index is 1.31. The Morgan fingerprint density at radius 2 is 0.714 bits per heavy atom. The number of hydrogen-bond acceptors (Lipinski definition) is 2. The highest BCUT2D eigenvalue weighted by Crippen LogP contribution is 2.51. The van der Waals surface area contributed by atoms with Crippen LogP contribution in [0.5, 0.6) is 0 Å². The molecular weight excluding hydrogens is 928 g/mol. The summed E-state index contributed by atoms with van der Waals surface area (Å²) in [6, 6.07) is 74.7. The van der Waals surface area contributed by atoms with E-state index in [0.29, 0.717) is 0 Å². The summed E-state index contributed by atoms with van der Waals surface area (Å²) >= 11 is 0. The van der Waals surface area contributed by atoms with Crippen LogP contribution in [0.2, 0.25) is 0 Å². The molecule has 0 atom stereocenters. The number of nitrogens with zero attached hydrogens (tertiary/aromatic N) is 2. The predicted molar refractivity (Wildman–Crippen MR) is 336 cm³/mol. The average molecular weight is 1010 g/mol. The highest BCUT2D eigenvalue weighted by molar-refractivity contribution is 7.00. The molecule has 3 heteroatoms. The summed E-state index contributed by atoms with van der Waals surface area (Å²) in [5.41, 5.74) is 27.2. The van der Waals surface area contributed by atoms with Crippen LogP contribution >= 0.6 is 0 Å². The molecule has 9 aromatic carbocycles. The molecule has 0 amide bonds. The van der Waals surface area contributed by atoms with Gasteiger partial charge in [0, 0.05) is 33.9 Å². The van der Waals surface area contributed by atoms with Crippen molar-refractivity contribution < 1.29 is 0 Å². The quantitative estimate of drug-likeness (QED) is 0.153. The maximum absolute atomic E-state index is 2.64. The van der Waals surface area contributed by atoms with Crippen LogP contribution in [0.25, 0.3) is 44.5 Å². The first-order valence-electron chi connectivity index (χ1n) is 28.0. The minimum atomic E-state index is -0.0954. The van der Waals surface area contributed by atoms with Crippen molar-refractivity contribution >= 4 is 57.2 Å². The fraction of sp³-hybridized carbons (Fsp3) is 0.270. The highest BCUT2D eigenvalue weighted by Gasteiger charge is 2.45. The lowest BCUT2D eigenvalue weighted by Crippen LogP contribution is -2.61. The normalized spacial score (nSPS) is 13.6. The van der Waals surface area contributed by atoms with E-state index >= 15 is 0 Å². The number of fused-ring (bicyclic) bond motifs is 4. The fourth-order valence-corrected chi connectivity index (χ4v) is 11.9. The first-order chi connectivity index (χ1) is 36.4. The van der Waals surface area contributed by atoms with E-state index in [4.69, 9.17) is 0 Å². The largest absolute Gasteiger partial charge is 0.311 e. The van der Waals surface area contributed by atoms with Gasteiger partial charge in [-0.2, -0.15) is 0 Å². The summed E-state index contributed by atoms with van der Waals surface area (Å²) in [5, 5.41) is 0. The van der Waals surface area contributed by atoms with Crippen molar-refractivity contribution in [3.63, 3.8) is 0 Å². The Morgan fingerprint density at radius 1 is 0.260 bits per heavy atom. The van der Waals surface area contributed by atoms with Crippen LogP contribution in [0, 0.1) is 0 Å². The lowest BCUT2D eigenvalue weighted by molar-refractivity contribution is 0.568. The lowest BCUT2D eigenvalue weighted by Gasteiger charge is -2.45. The molecule has 2 aliphatic rings. The highest BCUT2D eigenvalue weighted by atomic mass is 15.2. The van der Waals surface area contributed by atoms with E-state index in [1.165, 1.54) is 111 Å². The molecule has 2 heterocycles. The summed E-state index contributed by atoms with van der Waals surface area (Å²) in [4.78, 5) is 5.27. The molecule has 0 saturated carbocycles. The van der Waals surface area contributed by atoms with Crippen LogP contribution in [0.1, 0.15) is 132 Å². The zero-order valence-electron chi connectivity index (χ0n) is 48.4. The van der Waals surface area contributed by atoms with Gasteiger partial charge in [-0.25, -0.2) is 0 Å². The molecule has 0 saturated heterocycles. The third kappa shape index (κ3) is 9.45. The van der Waals surface area contributed by atoms with E-state index in [9.17, 15) is 0 Å². The van der Waals surface area contributed by atoms with Gasteiger partial charge in [0.05, 0.1) is 11.4 Å². The monoisotopic (exact) mass is 1000 g/mol. The molecule has 11 rings (SSSR count). The van der Waals surface area contributed by atoms with Crippen molar-refractivity contribution in [1.29, 1.82) is 0 Å². The Morgan fingerprint density at radius 3 is 1.22 bits per heavy atom. The Labute approximate surface area is 462 Å². The molecule has 0 fully saturated rings. The number of hydrogen-bond donors (Lipinski definition) is 0. The number of para-hydroxylation sites is 2. The summed E-state index contributed by atoms with van der Waals surface area (Å²) in [7, 11) is 0. The molecule has 2 nitrogen and oxygen atoms in total. The van der Waals surface area contributed by atoms with Gasteiger partial charge in [-0.3, -0.25) is 0 Å². The molecule has 77 heavy (non-hydrogen) atoms. The molecule has 0 N–H and O–H groups in total.